The Labute approximate surface area is 59.6 Å². The minimum atomic E-state index is -0.426. The van der Waals surface area contributed by atoms with E-state index in [1.807, 2.05) is 0 Å². The average Bonchev–Trinajstić information content (AvgIpc) is 2.34. The van der Waals surface area contributed by atoms with E-state index in [1.54, 1.807) is 0 Å². The van der Waals surface area contributed by atoms with Crippen molar-refractivity contribution in [3.8, 4) is 0 Å². The molecule has 1 radical (unpaired) electrons. The molecule has 0 aliphatic heterocycles. The average molecular weight is 151 g/mol. The van der Waals surface area contributed by atoms with E-state index in [2.05, 4.69) is 25.4 Å². The van der Waals surface area contributed by atoms with Crippen LogP contribution in [0.5, 0.6) is 0 Å². The van der Waals surface area contributed by atoms with Crippen molar-refractivity contribution in [2.75, 3.05) is 0 Å². The number of aromatic nitrogens is 5. The molecule has 7 heteroatoms. The van der Waals surface area contributed by atoms with Gasteiger partial charge >= 0.3 is 0 Å². The molecule has 0 bridgehead atoms. The Kier molecular flexibility index (Phi) is 0.945. The Morgan fingerprint density at radius 1 is 1.45 bits per heavy atom. The Hall–Kier alpha value is -1.92. The Bertz CT molecular complexity index is 441. The number of nitrogens with zero attached hydrogens (tertiary/aromatic N) is 3. The van der Waals surface area contributed by atoms with Crippen molar-refractivity contribution >= 4 is 17.1 Å². The molecule has 0 saturated heterocycles. The lowest BCUT2D eigenvalue weighted by atomic mass is 10.5. The fourth-order valence-corrected chi connectivity index (χ4v) is 0.757. The molecule has 7 nitrogen and oxygen atoms in total. The second kappa shape index (κ2) is 1.78. The molecule has 0 saturated carbocycles. The highest BCUT2D eigenvalue weighted by Crippen LogP contribution is 1.97. The Balaban J connectivity index is 3.02. The van der Waals surface area contributed by atoms with Crippen molar-refractivity contribution in [1.82, 2.24) is 31.1 Å². The summed E-state index contributed by atoms with van der Waals surface area (Å²) in [5.41, 5.74) is 6.94. The van der Waals surface area contributed by atoms with Gasteiger partial charge in [0.15, 0.2) is 5.52 Å². The van der Waals surface area contributed by atoms with Crippen molar-refractivity contribution in [3.05, 3.63) is 10.4 Å². The van der Waals surface area contributed by atoms with E-state index in [9.17, 15) is 4.79 Å². The van der Waals surface area contributed by atoms with Crippen molar-refractivity contribution in [3.63, 3.8) is 0 Å². The summed E-state index contributed by atoms with van der Waals surface area (Å²) in [4.78, 5) is 16.7. The molecular formula is C4H3N6O. The van der Waals surface area contributed by atoms with Crippen LogP contribution in [-0.2, 0) is 0 Å². The van der Waals surface area contributed by atoms with Gasteiger partial charge in [0, 0.05) is 0 Å². The number of H-pyrrole nitrogens is 2. The number of hydrogen-bond donors (Lipinski definition) is 2. The fraction of sp³-hybridized carbons (Fsp3) is 0. The molecule has 0 aliphatic carbocycles. The summed E-state index contributed by atoms with van der Waals surface area (Å²) in [5, 5.41) is 9.21. The highest BCUT2D eigenvalue weighted by Gasteiger charge is 2.03. The largest absolute Gasteiger partial charge is 0.289 e. The second-order valence-corrected chi connectivity index (χ2v) is 1.92. The van der Waals surface area contributed by atoms with E-state index < -0.39 is 5.56 Å². The zero-order valence-corrected chi connectivity index (χ0v) is 5.25. The minimum Gasteiger partial charge on any atom is -0.289 e. The maximum absolute atomic E-state index is 10.9. The molecule has 55 valence electrons. The van der Waals surface area contributed by atoms with Gasteiger partial charge in [-0.1, -0.05) is 5.21 Å². The number of rotatable bonds is 0. The van der Waals surface area contributed by atoms with Gasteiger partial charge in [-0.3, -0.25) is 20.6 Å². The molecule has 0 spiro atoms. The van der Waals surface area contributed by atoms with E-state index in [0.29, 0.717) is 0 Å². The summed E-state index contributed by atoms with van der Waals surface area (Å²) in [6.07, 6.45) is 0. The van der Waals surface area contributed by atoms with Crippen LogP contribution in [0.2, 0.25) is 0 Å². The van der Waals surface area contributed by atoms with Crippen molar-refractivity contribution in [2.45, 2.75) is 0 Å². The molecule has 0 atom stereocenters. The maximum atomic E-state index is 10.9. The molecule has 0 amide bonds. The van der Waals surface area contributed by atoms with Crippen LogP contribution in [0.3, 0.4) is 0 Å². The van der Waals surface area contributed by atoms with Gasteiger partial charge in [0.2, 0.25) is 11.6 Å². The first-order valence-corrected chi connectivity index (χ1v) is 2.80. The Morgan fingerprint density at radius 3 is 3.09 bits per heavy atom. The van der Waals surface area contributed by atoms with Gasteiger partial charge < -0.3 is 0 Å². The first kappa shape index (κ1) is 5.83. The molecule has 0 aromatic carbocycles. The van der Waals surface area contributed by atoms with E-state index in [1.165, 1.54) is 0 Å². The summed E-state index contributed by atoms with van der Waals surface area (Å²) < 4.78 is 0. The monoisotopic (exact) mass is 151 g/mol. The highest BCUT2D eigenvalue weighted by atomic mass is 16.1. The number of fused-ring (bicyclic) bond motifs is 1. The van der Waals surface area contributed by atoms with E-state index in [0.717, 1.165) is 0 Å². The van der Waals surface area contributed by atoms with E-state index in [4.69, 9.17) is 5.73 Å². The van der Waals surface area contributed by atoms with E-state index in [-0.39, 0.29) is 17.1 Å². The predicted octanol–water partition coefficient (Wildman–Crippen LogP) is -1.04. The van der Waals surface area contributed by atoms with Crippen LogP contribution in [0.25, 0.3) is 11.2 Å². The fourth-order valence-electron chi connectivity index (χ4n) is 0.757. The van der Waals surface area contributed by atoms with Crippen LogP contribution in [0.4, 0.5) is 5.95 Å². The van der Waals surface area contributed by atoms with Gasteiger partial charge in [0.1, 0.15) is 0 Å². The third-order valence-electron chi connectivity index (χ3n) is 1.21. The zero-order valence-electron chi connectivity index (χ0n) is 5.25. The molecule has 0 unspecified atom stereocenters. The van der Waals surface area contributed by atoms with Gasteiger partial charge in [0.05, 0.1) is 0 Å². The number of aromatic amines is 2. The molecule has 0 aliphatic rings. The molecule has 0 fully saturated rings. The third-order valence-corrected chi connectivity index (χ3v) is 1.21. The number of nitrogens with one attached hydrogen (secondary N) is 3. The van der Waals surface area contributed by atoms with Gasteiger partial charge in [-0.15, -0.1) is 5.10 Å². The van der Waals surface area contributed by atoms with Gasteiger partial charge in [-0.25, -0.2) is 0 Å². The predicted molar refractivity (Wildman–Crippen MR) is 35.1 cm³/mol. The normalized spacial score (nSPS) is 10.5. The SMILES string of the molecule is [NH]c1nc2nn[nH]c2c(=O)[nH]1. The lowest BCUT2D eigenvalue weighted by Crippen LogP contribution is -2.07. The molecule has 2 rings (SSSR count). The molecule has 2 aromatic rings. The van der Waals surface area contributed by atoms with Crippen LogP contribution in [0, 0.1) is 0 Å². The van der Waals surface area contributed by atoms with E-state index >= 15 is 0 Å². The molecular weight excluding hydrogens is 148 g/mol. The lowest BCUT2D eigenvalue weighted by Gasteiger charge is -1.86. The minimum absolute atomic E-state index is 0.166. The standard InChI is InChI=1S/C4H3N6O/c5-4-6-2-1(3(11)7-4)8-10-9-2/h5H,(H2,6,7,8,9,10,11). The second-order valence-electron chi connectivity index (χ2n) is 1.92. The van der Waals surface area contributed by atoms with Crippen molar-refractivity contribution < 1.29 is 0 Å². The summed E-state index contributed by atoms with van der Waals surface area (Å²) in [7, 11) is 0. The zero-order chi connectivity index (χ0) is 7.84. The lowest BCUT2D eigenvalue weighted by molar-refractivity contribution is 0.954. The summed E-state index contributed by atoms with van der Waals surface area (Å²) in [6, 6.07) is 0. The quantitative estimate of drug-likeness (QED) is 0.500. The van der Waals surface area contributed by atoms with Crippen molar-refractivity contribution in [1.29, 1.82) is 0 Å². The molecule has 3 N–H and O–H groups in total. The highest BCUT2D eigenvalue weighted by molar-refractivity contribution is 5.67. The van der Waals surface area contributed by atoms with Gasteiger partial charge in [-0.05, 0) is 0 Å². The molecule has 11 heavy (non-hydrogen) atoms. The van der Waals surface area contributed by atoms with Crippen molar-refractivity contribution in [2.24, 2.45) is 0 Å². The van der Waals surface area contributed by atoms with Crippen LogP contribution in [0.15, 0.2) is 4.79 Å². The Morgan fingerprint density at radius 2 is 2.27 bits per heavy atom. The van der Waals surface area contributed by atoms with Crippen LogP contribution in [-0.4, -0.2) is 25.4 Å². The topological polar surface area (TPSA) is 111 Å². The maximum Gasteiger partial charge on any atom is 0.280 e. The summed E-state index contributed by atoms with van der Waals surface area (Å²) in [5.74, 6) is -0.212. The smallest absolute Gasteiger partial charge is 0.280 e. The van der Waals surface area contributed by atoms with Crippen LogP contribution >= 0.6 is 0 Å². The summed E-state index contributed by atoms with van der Waals surface area (Å²) in [6.45, 7) is 0. The molecule has 2 heterocycles. The van der Waals surface area contributed by atoms with Crippen LogP contribution in [0.1, 0.15) is 0 Å². The molecule has 2 aromatic heterocycles. The first-order valence-electron chi connectivity index (χ1n) is 2.80. The third kappa shape index (κ3) is 0.741. The van der Waals surface area contributed by atoms with Gasteiger partial charge in [0.25, 0.3) is 5.56 Å². The summed E-state index contributed by atoms with van der Waals surface area (Å²) >= 11 is 0. The first-order chi connectivity index (χ1) is 5.27. The van der Waals surface area contributed by atoms with Crippen LogP contribution < -0.4 is 11.3 Å². The number of hydrogen-bond acceptors (Lipinski definition) is 4. The van der Waals surface area contributed by atoms with Gasteiger partial charge in [-0.2, -0.15) is 4.98 Å².